The quantitative estimate of drug-likeness (QED) is 0.657. The van der Waals surface area contributed by atoms with E-state index in [0.717, 1.165) is 0 Å². The number of hydrogen-bond donors (Lipinski definition) is 3. The van der Waals surface area contributed by atoms with Crippen LogP contribution in [0, 0.1) is 0 Å². The molecule has 0 heterocycles. The molecule has 0 radical (unpaired) electrons. The summed E-state index contributed by atoms with van der Waals surface area (Å²) in [5.41, 5.74) is 5.48. The Bertz CT molecular complexity index is 393. The number of carbonyl (C=O) groups excluding carboxylic acids is 2. The zero-order chi connectivity index (χ0) is 11.4. The minimum atomic E-state index is -0.680. The number of nitrogens with two attached hydrogens (primary N) is 1. The number of benzene rings is 1. The van der Waals surface area contributed by atoms with Gasteiger partial charge >= 0.3 is 0 Å². The van der Waals surface area contributed by atoms with E-state index < -0.39 is 11.9 Å². The van der Waals surface area contributed by atoms with Gasteiger partial charge in [0.25, 0.3) is 5.91 Å². The predicted octanol–water partition coefficient (Wildman–Crippen LogP) is 0.579. The standard InChI is InChI=1S/C10H12N2O2S/c1-6(9(11)13)12-10(14)7-3-2-4-8(15)5-7/h2-6,15H,1H3,(H2,11,13)(H,12,14). The first-order valence-corrected chi connectivity index (χ1v) is 4.84. The van der Waals surface area contributed by atoms with Crippen LogP contribution in [0.3, 0.4) is 0 Å². The van der Waals surface area contributed by atoms with Gasteiger partial charge < -0.3 is 11.1 Å². The molecule has 80 valence electrons. The van der Waals surface area contributed by atoms with Crippen LogP contribution in [0.5, 0.6) is 0 Å². The molecule has 3 N–H and O–H groups in total. The number of amides is 2. The molecule has 0 spiro atoms. The van der Waals surface area contributed by atoms with E-state index in [1.54, 1.807) is 24.3 Å². The van der Waals surface area contributed by atoms with Crippen molar-refractivity contribution in [3.63, 3.8) is 0 Å². The lowest BCUT2D eigenvalue weighted by molar-refractivity contribution is -0.119. The minimum absolute atomic E-state index is 0.336. The smallest absolute Gasteiger partial charge is 0.251 e. The van der Waals surface area contributed by atoms with Gasteiger partial charge in [-0.1, -0.05) is 6.07 Å². The molecule has 0 aliphatic carbocycles. The third kappa shape index (κ3) is 3.28. The molecule has 2 amide bonds. The molecule has 1 unspecified atom stereocenters. The second-order valence-corrected chi connectivity index (χ2v) is 3.66. The Morgan fingerprint density at radius 3 is 2.67 bits per heavy atom. The van der Waals surface area contributed by atoms with Crippen molar-refractivity contribution in [3.05, 3.63) is 29.8 Å². The Morgan fingerprint density at radius 2 is 2.13 bits per heavy atom. The molecule has 1 atom stereocenters. The van der Waals surface area contributed by atoms with Gasteiger partial charge in [-0.3, -0.25) is 9.59 Å². The molecule has 0 saturated carbocycles. The van der Waals surface area contributed by atoms with Crippen LogP contribution in [0.1, 0.15) is 17.3 Å². The maximum Gasteiger partial charge on any atom is 0.251 e. The molecule has 0 aliphatic heterocycles. The van der Waals surface area contributed by atoms with Crippen molar-refractivity contribution in [2.24, 2.45) is 5.73 Å². The molecule has 0 saturated heterocycles. The molecule has 5 heteroatoms. The van der Waals surface area contributed by atoms with Crippen molar-refractivity contribution in [3.8, 4) is 0 Å². The lowest BCUT2D eigenvalue weighted by atomic mass is 10.2. The highest BCUT2D eigenvalue weighted by Gasteiger charge is 2.13. The first-order chi connectivity index (χ1) is 7.00. The number of nitrogens with one attached hydrogen (secondary N) is 1. The number of hydrogen-bond acceptors (Lipinski definition) is 3. The van der Waals surface area contributed by atoms with E-state index in [-0.39, 0.29) is 5.91 Å². The van der Waals surface area contributed by atoms with Gasteiger partial charge in [0.2, 0.25) is 5.91 Å². The number of carbonyl (C=O) groups is 2. The van der Waals surface area contributed by atoms with E-state index in [0.29, 0.717) is 10.5 Å². The molecular weight excluding hydrogens is 212 g/mol. The molecule has 0 bridgehead atoms. The van der Waals surface area contributed by atoms with Crippen LogP contribution in [0.15, 0.2) is 29.2 Å². The third-order valence-electron chi connectivity index (χ3n) is 1.88. The fourth-order valence-electron chi connectivity index (χ4n) is 0.998. The maximum absolute atomic E-state index is 11.6. The Hall–Kier alpha value is -1.49. The average Bonchev–Trinajstić information content (AvgIpc) is 2.17. The van der Waals surface area contributed by atoms with E-state index >= 15 is 0 Å². The van der Waals surface area contributed by atoms with Gasteiger partial charge in [0, 0.05) is 10.5 Å². The van der Waals surface area contributed by atoms with Gasteiger partial charge in [0.1, 0.15) is 6.04 Å². The highest BCUT2D eigenvalue weighted by Crippen LogP contribution is 2.08. The molecule has 0 fully saturated rings. The summed E-state index contributed by atoms with van der Waals surface area (Å²) in [6.07, 6.45) is 0. The Morgan fingerprint density at radius 1 is 1.47 bits per heavy atom. The monoisotopic (exact) mass is 224 g/mol. The van der Waals surface area contributed by atoms with Crippen LogP contribution >= 0.6 is 12.6 Å². The lowest BCUT2D eigenvalue weighted by Crippen LogP contribution is -2.42. The summed E-state index contributed by atoms with van der Waals surface area (Å²) in [4.78, 5) is 23.0. The molecule has 1 rings (SSSR count). The van der Waals surface area contributed by atoms with E-state index in [1.807, 2.05) is 0 Å². The van der Waals surface area contributed by atoms with Crippen molar-refractivity contribution >= 4 is 24.4 Å². The summed E-state index contributed by atoms with van der Waals surface area (Å²) in [5, 5.41) is 2.48. The minimum Gasteiger partial charge on any atom is -0.368 e. The second-order valence-electron chi connectivity index (χ2n) is 3.15. The van der Waals surface area contributed by atoms with Crippen molar-refractivity contribution in [2.75, 3.05) is 0 Å². The summed E-state index contributed by atoms with van der Waals surface area (Å²) in [5.74, 6) is -0.900. The SMILES string of the molecule is CC(NC(=O)c1cccc(S)c1)C(N)=O. The largest absolute Gasteiger partial charge is 0.368 e. The molecule has 0 aromatic heterocycles. The zero-order valence-corrected chi connectivity index (χ0v) is 9.12. The maximum atomic E-state index is 11.6. The van der Waals surface area contributed by atoms with E-state index in [1.165, 1.54) is 6.92 Å². The first kappa shape index (κ1) is 11.6. The van der Waals surface area contributed by atoms with Crippen LogP contribution in [0.2, 0.25) is 0 Å². The molecule has 4 nitrogen and oxygen atoms in total. The van der Waals surface area contributed by atoms with Crippen molar-refractivity contribution in [2.45, 2.75) is 17.9 Å². The highest BCUT2D eigenvalue weighted by molar-refractivity contribution is 7.80. The summed E-state index contributed by atoms with van der Waals surface area (Å²) in [7, 11) is 0. The summed E-state index contributed by atoms with van der Waals surface area (Å²) in [6.45, 7) is 1.53. The van der Waals surface area contributed by atoms with Crippen LogP contribution in [0.4, 0.5) is 0 Å². The van der Waals surface area contributed by atoms with Crippen LogP contribution in [-0.4, -0.2) is 17.9 Å². The summed E-state index contributed by atoms with van der Waals surface area (Å²) < 4.78 is 0. The Kier molecular flexibility index (Phi) is 3.74. The lowest BCUT2D eigenvalue weighted by Gasteiger charge is -2.09. The van der Waals surface area contributed by atoms with E-state index in [9.17, 15) is 9.59 Å². The second kappa shape index (κ2) is 4.84. The van der Waals surface area contributed by atoms with Crippen molar-refractivity contribution in [1.29, 1.82) is 0 Å². The number of thiol groups is 1. The normalized spacial score (nSPS) is 11.9. The topological polar surface area (TPSA) is 72.2 Å². The van der Waals surface area contributed by atoms with Gasteiger partial charge in [-0.2, -0.15) is 0 Å². The Labute approximate surface area is 93.3 Å². The predicted molar refractivity (Wildman–Crippen MR) is 59.8 cm³/mol. The van der Waals surface area contributed by atoms with Gasteiger partial charge in [-0.15, -0.1) is 12.6 Å². The van der Waals surface area contributed by atoms with E-state index in [4.69, 9.17) is 5.73 Å². The number of primary amides is 1. The molecule has 15 heavy (non-hydrogen) atoms. The molecule has 1 aromatic carbocycles. The molecular formula is C10H12N2O2S. The van der Waals surface area contributed by atoms with Crippen LogP contribution < -0.4 is 11.1 Å². The first-order valence-electron chi connectivity index (χ1n) is 4.40. The van der Waals surface area contributed by atoms with E-state index in [2.05, 4.69) is 17.9 Å². The van der Waals surface area contributed by atoms with Gasteiger partial charge in [0.15, 0.2) is 0 Å². The zero-order valence-electron chi connectivity index (χ0n) is 8.23. The third-order valence-corrected chi connectivity index (χ3v) is 2.16. The average molecular weight is 224 g/mol. The van der Waals surface area contributed by atoms with Crippen LogP contribution in [-0.2, 0) is 4.79 Å². The van der Waals surface area contributed by atoms with Gasteiger partial charge in [-0.25, -0.2) is 0 Å². The number of rotatable bonds is 3. The molecule has 0 aliphatic rings. The highest BCUT2D eigenvalue weighted by atomic mass is 32.1. The summed E-state index contributed by atoms with van der Waals surface area (Å²) >= 11 is 4.11. The van der Waals surface area contributed by atoms with Crippen LogP contribution in [0.25, 0.3) is 0 Å². The fraction of sp³-hybridized carbons (Fsp3) is 0.200. The fourth-order valence-corrected chi connectivity index (χ4v) is 1.22. The van der Waals surface area contributed by atoms with Gasteiger partial charge in [0.05, 0.1) is 0 Å². The molecule has 1 aromatic rings. The van der Waals surface area contributed by atoms with Crippen molar-refractivity contribution < 1.29 is 9.59 Å². The Balaban J connectivity index is 2.73. The summed E-state index contributed by atoms with van der Waals surface area (Å²) in [6, 6.07) is 6.06. The van der Waals surface area contributed by atoms with Gasteiger partial charge in [-0.05, 0) is 25.1 Å². The van der Waals surface area contributed by atoms with Crippen molar-refractivity contribution in [1.82, 2.24) is 5.32 Å².